The van der Waals surface area contributed by atoms with Crippen molar-refractivity contribution in [3.05, 3.63) is 59.2 Å². The molecule has 0 saturated heterocycles. The number of fused-ring (bicyclic) bond motifs is 5. The van der Waals surface area contributed by atoms with E-state index in [9.17, 15) is 15.0 Å². The first kappa shape index (κ1) is 21.9. The van der Waals surface area contributed by atoms with Crippen LogP contribution < -0.4 is 10.1 Å². The van der Waals surface area contributed by atoms with Crippen LogP contribution in [0.3, 0.4) is 0 Å². The highest BCUT2D eigenvalue weighted by atomic mass is 16.5. The molecule has 0 aromatic heterocycles. The smallest absolute Gasteiger partial charge is 0.244 e. The minimum Gasteiger partial charge on any atom is -0.504 e. The van der Waals surface area contributed by atoms with Gasteiger partial charge in [-0.25, -0.2) is 0 Å². The number of ether oxygens (including phenoxy) is 1. The van der Waals surface area contributed by atoms with Crippen molar-refractivity contribution in [2.75, 3.05) is 7.11 Å². The summed E-state index contributed by atoms with van der Waals surface area (Å²) in [5.41, 5.74) is 3.77. The van der Waals surface area contributed by atoms with E-state index in [1.807, 2.05) is 0 Å². The van der Waals surface area contributed by atoms with Crippen molar-refractivity contribution < 1.29 is 19.7 Å². The fraction of sp³-hybridized carbons (Fsp3) is 0.464. The van der Waals surface area contributed by atoms with E-state index in [0.717, 1.165) is 25.0 Å². The van der Waals surface area contributed by atoms with Crippen LogP contribution in [0.1, 0.15) is 61.6 Å². The maximum absolute atomic E-state index is 12.7. The fourth-order valence-electron chi connectivity index (χ4n) is 6.96. The molecule has 2 aromatic carbocycles. The first-order valence-corrected chi connectivity index (χ1v) is 12.1. The summed E-state index contributed by atoms with van der Waals surface area (Å²) >= 11 is 0. The lowest BCUT2D eigenvalue weighted by molar-refractivity contribution is -0.118. The number of phenols is 2. The molecule has 2 saturated carbocycles. The van der Waals surface area contributed by atoms with Crippen LogP contribution in [-0.2, 0) is 11.2 Å². The maximum atomic E-state index is 12.7. The molecule has 0 spiro atoms. The number of carbonyl (C=O) groups is 1. The zero-order chi connectivity index (χ0) is 23.2. The Morgan fingerprint density at radius 3 is 2.73 bits per heavy atom. The van der Waals surface area contributed by atoms with Gasteiger partial charge in [-0.15, -0.1) is 0 Å². The highest BCUT2D eigenvalue weighted by Crippen LogP contribution is 2.61. The van der Waals surface area contributed by atoms with Gasteiger partial charge in [-0.05, 0) is 109 Å². The number of amides is 1. The van der Waals surface area contributed by atoms with Gasteiger partial charge in [0, 0.05) is 12.1 Å². The van der Waals surface area contributed by atoms with Gasteiger partial charge in [0.05, 0.1) is 7.11 Å². The van der Waals surface area contributed by atoms with E-state index in [1.54, 1.807) is 19.3 Å². The molecule has 0 heterocycles. The summed E-state index contributed by atoms with van der Waals surface area (Å²) in [6, 6.07) is 11.3. The van der Waals surface area contributed by atoms with Gasteiger partial charge in [0.25, 0.3) is 0 Å². The van der Waals surface area contributed by atoms with Gasteiger partial charge in [0.15, 0.2) is 11.5 Å². The van der Waals surface area contributed by atoms with Gasteiger partial charge in [0.2, 0.25) is 5.91 Å². The maximum Gasteiger partial charge on any atom is 0.244 e. The van der Waals surface area contributed by atoms with Crippen LogP contribution in [0.5, 0.6) is 17.2 Å². The predicted octanol–water partition coefficient (Wildman–Crippen LogP) is 5.16. The van der Waals surface area contributed by atoms with Crippen molar-refractivity contribution in [2.24, 2.45) is 17.3 Å². The van der Waals surface area contributed by atoms with Gasteiger partial charge < -0.3 is 20.3 Å². The van der Waals surface area contributed by atoms with Gasteiger partial charge in [-0.2, -0.15) is 0 Å². The van der Waals surface area contributed by atoms with E-state index in [0.29, 0.717) is 23.3 Å². The number of rotatable bonds is 4. The lowest BCUT2D eigenvalue weighted by Gasteiger charge is -2.51. The van der Waals surface area contributed by atoms with E-state index in [4.69, 9.17) is 4.74 Å². The normalized spacial score (nSPS) is 30.4. The van der Waals surface area contributed by atoms with Crippen LogP contribution >= 0.6 is 0 Å². The van der Waals surface area contributed by atoms with Gasteiger partial charge in [-0.3, -0.25) is 4.79 Å². The Morgan fingerprint density at radius 1 is 1.09 bits per heavy atom. The van der Waals surface area contributed by atoms with Gasteiger partial charge >= 0.3 is 0 Å². The molecule has 0 unspecified atom stereocenters. The molecule has 2 fully saturated rings. The van der Waals surface area contributed by atoms with E-state index < -0.39 is 0 Å². The molecule has 33 heavy (non-hydrogen) atoms. The number of hydrogen-bond donors (Lipinski definition) is 3. The molecular formula is C28H33NO4. The van der Waals surface area contributed by atoms with Crippen LogP contribution in [-0.4, -0.2) is 29.3 Å². The minimum atomic E-state index is -0.187. The van der Waals surface area contributed by atoms with E-state index >= 15 is 0 Å². The molecule has 5 heteroatoms. The van der Waals surface area contributed by atoms with Crippen LogP contribution in [0.15, 0.2) is 42.5 Å². The summed E-state index contributed by atoms with van der Waals surface area (Å²) in [6.45, 7) is 2.39. The number of carbonyl (C=O) groups excluding carboxylic acids is 1. The van der Waals surface area contributed by atoms with Crippen molar-refractivity contribution in [2.45, 2.75) is 57.4 Å². The zero-order valence-electron chi connectivity index (χ0n) is 19.4. The molecule has 2 aromatic rings. The highest BCUT2D eigenvalue weighted by molar-refractivity contribution is 5.92. The standard InChI is InChI=1S/C28H33NO4/c1-28-14-13-21-20-8-6-19(33-2)16-18(20)5-7-22(21)23(28)9-11-26(28)29-27(32)12-4-17-3-10-24(30)25(31)15-17/h3-4,6,8,10,12,15-16,21-23,26,30-31H,5,7,9,11,13-14H2,1-2H3,(H,29,32)/b12-4+/t21-,22-,23+,26+,28+/m1/s1. The topological polar surface area (TPSA) is 78.8 Å². The third-order valence-electron chi connectivity index (χ3n) is 8.68. The Morgan fingerprint density at radius 2 is 1.94 bits per heavy atom. The Balaban J connectivity index is 1.28. The molecule has 1 amide bonds. The summed E-state index contributed by atoms with van der Waals surface area (Å²) < 4.78 is 5.44. The quantitative estimate of drug-likeness (QED) is 0.447. The molecule has 0 radical (unpaired) electrons. The lowest BCUT2D eigenvalue weighted by atomic mass is 9.55. The van der Waals surface area contributed by atoms with Gasteiger partial charge in [0.1, 0.15) is 5.75 Å². The highest BCUT2D eigenvalue weighted by Gasteiger charge is 2.55. The predicted molar refractivity (Wildman–Crippen MR) is 128 cm³/mol. The molecule has 174 valence electrons. The average molecular weight is 448 g/mol. The molecule has 5 rings (SSSR count). The molecule has 3 aliphatic rings. The number of methoxy groups -OCH3 is 1. The summed E-state index contributed by atoms with van der Waals surface area (Å²) in [4.78, 5) is 12.7. The number of aromatic hydroxyl groups is 2. The number of phenolic OH excluding ortho intramolecular Hbond substituents is 2. The second-order valence-corrected chi connectivity index (χ2v) is 10.2. The third-order valence-corrected chi connectivity index (χ3v) is 8.68. The second kappa shape index (κ2) is 8.44. The van der Waals surface area contributed by atoms with Crippen LogP contribution in [0, 0.1) is 17.3 Å². The minimum absolute atomic E-state index is 0.0994. The first-order valence-electron chi connectivity index (χ1n) is 12.1. The Kier molecular flexibility index (Phi) is 5.59. The third kappa shape index (κ3) is 3.88. The summed E-state index contributed by atoms with van der Waals surface area (Å²) in [5, 5.41) is 22.4. The Labute approximate surface area is 195 Å². The number of benzene rings is 2. The van der Waals surface area contributed by atoms with Crippen molar-refractivity contribution in [1.29, 1.82) is 0 Å². The number of hydrogen-bond acceptors (Lipinski definition) is 4. The summed E-state index contributed by atoms with van der Waals surface area (Å²) in [6.07, 6.45) is 10.0. The molecule has 5 atom stereocenters. The average Bonchev–Trinajstić information content (AvgIpc) is 3.15. The van der Waals surface area contributed by atoms with E-state index in [2.05, 4.69) is 30.4 Å². The molecule has 3 N–H and O–H groups in total. The first-order chi connectivity index (χ1) is 15.9. The van der Waals surface area contributed by atoms with Gasteiger partial charge in [-0.1, -0.05) is 19.1 Å². The van der Waals surface area contributed by atoms with Crippen molar-refractivity contribution >= 4 is 12.0 Å². The molecule has 5 nitrogen and oxygen atoms in total. The molecule has 0 aliphatic heterocycles. The molecule has 0 bridgehead atoms. The van der Waals surface area contributed by atoms with Crippen LogP contribution in [0.4, 0.5) is 0 Å². The van der Waals surface area contributed by atoms with Crippen molar-refractivity contribution in [3.63, 3.8) is 0 Å². The van der Waals surface area contributed by atoms with E-state index in [-0.39, 0.29) is 28.9 Å². The Hall–Kier alpha value is -2.95. The summed E-state index contributed by atoms with van der Waals surface area (Å²) in [5.74, 6) is 2.44. The largest absolute Gasteiger partial charge is 0.504 e. The van der Waals surface area contributed by atoms with Crippen LogP contribution in [0.2, 0.25) is 0 Å². The van der Waals surface area contributed by atoms with Crippen LogP contribution in [0.25, 0.3) is 6.08 Å². The second-order valence-electron chi connectivity index (χ2n) is 10.2. The molecular weight excluding hydrogens is 414 g/mol. The Bertz CT molecular complexity index is 1090. The lowest BCUT2D eigenvalue weighted by Crippen LogP contribution is -2.49. The SMILES string of the molecule is COc1ccc2c(c1)CC[C@@H]1[C@@H]2CC[C@]2(C)[C@@H](NC(=O)/C=C/c3ccc(O)c(O)c3)CC[C@@H]12. The zero-order valence-corrected chi connectivity index (χ0v) is 19.4. The fourth-order valence-corrected chi connectivity index (χ4v) is 6.96. The number of aryl methyl sites for hydroxylation is 1. The van der Waals surface area contributed by atoms with E-state index in [1.165, 1.54) is 48.6 Å². The molecule has 3 aliphatic carbocycles. The summed E-state index contributed by atoms with van der Waals surface area (Å²) in [7, 11) is 1.73. The van der Waals surface area contributed by atoms with Crippen molar-refractivity contribution in [1.82, 2.24) is 5.32 Å². The van der Waals surface area contributed by atoms with Crippen molar-refractivity contribution in [3.8, 4) is 17.2 Å². The monoisotopic (exact) mass is 447 g/mol. The number of nitrogens with one attached hydrogen (secondary N) is 1.